The van der Waals surface area contributed by atoms with Gasteiger partial charge in [0, 0.05) is 5.39 Å². The van der Waals surface area contributed by atoms with Crippen molar-refractivity contribution in [2.75, 3.05) is 14.2 Å². The van der Waals surface area contributed by atoms with E-state index in [-0.39, 0.29) is 0 Å². The molecule has 0 atom stereocenters. The molecule has 0 N–H and O–H groups in total. The lowest BCUT2D eigenvalue weighted by Gasteiger charge is -2.13. The Labute approximate surface area is 123 Å². The molecule has 0 aliphatic rings. The predicted octanol–water partition coefficient (Wildman–Crippen LogP) is 4.65. The van der Waals surface area contributed by atoms with E-state index in [2.05, 4.69) is 0 Å². The molecule has 3 rings (SSSR count). The zero-order chi connectivity index (χ0) is 14.7. The SMILES string of the molecule is COc1ccc2c(Oc3ccccc3)c(OC)ccc2c1. The topological polar surface area (TPSA) is 27.7 Å². The van der Waals surface area contributed by atoms with E-state index < -0.39 is 0 Å². The minimum Gasteiger partial charge on any atom is -0.497 e. The average molecular weight is 280 g/mol. The molecule has 3 aromatic carbocycles. The summed E-state index contributed by atoms with van der Waals surface area (Å²) in [6.45, 7) is 0. The fourth-order valence-electron chi connectivity index (χ4n) is 2.26. The van der Waals surface area contributed by atoms with E-state index >= 15 is 0 Å². The second-order valence-electron chi connectivity index (χ2n) is 4.60. The van der Waals surface area contributed by atoms with E-state index in [0.717, 1.165) is 22.3 Å². The predicted molar refractivity (Wildman–Crippen MR) is 83.6 cm³/mol. The van der Waals surface area contributed by atoms with Gasteiger partial charge in [-0.1, -0.05) is 24.3 Å². The highest BCUT2D eigenvalue weighted by molar-refractivity contribution is 5.92. The van der Waals surface area contributed by atoms with Gasteiger partial charge in [-0.15, -0.1) is 0 Å². The first-order valence-corrected chi connectivity index (χ1v) is 6.69. The lowest BCUT2D eigenvalue weighted by molar-refractivity contribution is 0.381. The average Bonchev–Trinajstić information content (AvgIpc) is 2.55. The highest BCUT2D eigenvalue weighted by Crippen LogP contribution is 2.39. The summed E-state index contributed by atoms with van der Waals surface area (Å²) >= 11 is 0. The molecular weight excluding hydrogens is 264 g/mol. The van der Waals surface area contributed by atoms with Crippen LogP contribution < -0.4 is 14.2 Å². The molecule has 0 saturated carbocycles. The first kappa shape index (κ1) is 13.3. The highest BCUT2D eigenvalue weighted by Gasteiger charge is 2.11. The number of ether oxygens (including phenoxy) is 3. The standard InChI is InChI=1S/C18H16O3/c1-19-15-9-10-16-13(12-15)8-11-17(20-2)18(16)21-14-6-4-3-5-7-14/h3-12H,1-2H3. The number of hydrogen-bond donors (Lipinski definition) is 0. The minimum absolute atomic E-state index is 0.705. The van der Waals surface area contributed by atoms with Gasteiger partial charge in [0.15, 0.2) is 11.5 Å². The van der Waals surface area contributed by atoms with Crippen LogP contribution >= 0.6 is 0 Å². The van der Waals surface area contributed by atoms with Crippen LogP contribution in [0.2, 0.25) is 0 Å². The van der Waals surface area contributed by atoms with Crippen LogP contribution in [0, 0.1) is 0 Å². The summed E-state index contributed by atoms with van der Waals surface area (Å²) in [6, 6.07) is 19.4. The molecule has 0 radical (unpaired) electrons. The molecule has 3 heteroatoms. The van der Waals surface area contributed by atoms with Gasteiger partial charge in [0.25, 0.3) is 0 Å². The molecule has 106 valence electrons. The number of methoxy groups -OCH3 is 2. The molecule has 0 aromatic heterocycles. The number of fused-ring (bicyclic) bond motifs is 1. The van der Waals surface area contributed by atoms with Crippen LogP contribution in [0.15, 0.2) is 60.7 Å². The van der Waals surface area contributed by atoms with Crippen LogP contribution in [-0.4, -0.2) is 14.2 Å². The largest absolute Gasteiger partial charge is 0.497 e. The molecule has 0 unspecified atom stereocenters. The Bertz CT molecular complexity index is 751. The van der Waals surface area contributed by atoms with Gasteiger partial charge in [-0.25, -0.2) is 0 Å². The van der Waals surface area contributed by atoms with Crippen LogP contribution in [-0.2, 0) is 0 Å². The van der Waals surface area contributed by atoms with Crippen molar-refractivity contribution in [3.8, 4) is 23.0 Å². The normalized spacial score (nSPS) is 10.4. The molecule has 0 saturated heterocycles. The van der Waals surface area contributed by atoms with Crippen molar-refractivity contribution in [2.24, 2.45) is 0 Å². The van der Waals surface area contributed by atoms with Crippen LogP contribution in [0.3, 0.4) is 0 Å². The molecule has 0 fully saturated rings. The Morgan fingerprint density at radius 2 is 1.52 bits per heavy atom. The summed E-state index contributed by atoms with van der Waals surface area (Å²) in [4.78, 5) is 0. The minimum atomic E-state index is 0.705. The molecule has 3 aromatic rings. The van der Waals surface area contributed by atoms with Crippen molar-refractivity contribution < 1.29 is 14.2 Å². The first-order chi connectivity index (χ1) is 10.3. The van der Waals surface area contributed by atoms with Crippen LogP contribution in [0.4, 0.5) is 0 Å². The Morgan fingerprint density at radius 3 is 2.24 bits per heavy atom. The van der Waals surface area contributed by atoms with Crippen molar-refractivity contribution in [2.45, 2.75) is 0 Å². The third-order valence-electron chi connectivity index (χ3n) is 3.32. The molecule has 21 heavy (non-hydrogen) atoms. The fraction of sp³-hybridized carbons (Fsp3) is 0.111. The van der Waals surface area contributed by atoms with E-state index in [9.17, 15) is 0 Å². The fourth-order valence-corrected chi connectivity index (χ4v) is 2.26. The van der Waals surface area contributed by atoms with Gasteiger partial charge in [0.05, 0.1) is 14.2 Å². The second-order valence-corrected chi connectivity index (χ2v) is 4.60. The number of hydrogen-bond acceptors (Lipinski definition) is 3. The molecular formula is C18H16O3. The quantitative estimate of drug-likeness (QED) is 0.696. The number of para-hydroxylation sites is 1. The van der Waals surface area contributed by atoms with Crippen molar-refractivity contribution in [3.05, 3.63) is 60.7 Å². The van der Waals surface area contributed by atoms with E-state index in [4.69, 9.17) is 14.2 Å². The summed E-state index contributed by atoms with van der Waals surface area (Å²) in [5.41, 5.74) is 0. The molecule has 0 spiro atoms. The Hall–Kier alpha value is -2.68. The van der Waals surface area contributed by atoms with Gasteiger partial charge < -0.3 is 14.2 Å². The Balaban J connectivity index is 2.13. The maximum absolute atomic E-state index is 6.02. The van der Waals surface area contributed by atoms with Crippen molar-refractivity contribution >= 4 is 10.8 Å². The summed E-state index contributed by atoms with van der Waals surface area (Å²) in [5.74, 6) is 3.01. The van der Waals surface area contributed by atoms with Crippen LogP contribution in [0.1, 0.15) is 0 Å². The zero-order valence-corrected chi connectivity index (χ0v) is 12.0. The van der Waals surface area contributed by atoms with E-state index in [1.54, 1.807) is 14.2 Å². The maximum atomic E-state index is 6.02. The van der Waals surface area contributed by atoms with E-state index in [1.165, 1.54) is 0 Å². The molecule has 3 nitrogen and oxygen atoms in total. The van der Waals surface area contributed by atoms with Gasteiger partial charge >= 0.3 is 0 Å². The zero-order valence-electron chi connectivity index (χ0n) is 12.0. The smallest absolute Gasteiger partial charge is 0.177 e. The van der Waals surface area contributed by atoms with Gasteiger partial charge in [-0.3, -0.25) is 0 Å². The summed E-state index contributed by atoms with van der Waals surface area (Å²) in [6.07, 6.45) is 0. The first-order valence-electron chi connectivity index (χ1n) is 6.69. The monoisotopic (exact) mass is 280 g/mol. The van der Waals surface area contributed by atoms with E-state index in [0.29, 0.717) is 11.5 Å². The molecule has 0 bridgehead atoms. The van der Waals surface area contributed by atoms with Crippen molar-refractivity contribution in [1.29, 1.82) is 0 Å². The molecule has 0 heterocycles. The third-order valence-corrected chi connectivity index (χ3v) is 3.32. The Kier molecular flexibility index (Phi) is 3.65. The third kappa shape index (κ3) is 2.63. The molecule has 0 aliphatic carbocycles. The number of rotatable bonds is 4. The Morgan fingerprint density at radius 1 is 0.714 bits per heavy atom. The van der Waals surface area contributed by atoms with Crippen molar-refractivity contribution in [3.63, 3.8) is 0 Å². The van der Waals surface area contributed by atoms with Gasteiger partial charge in [-0.05, 0) is 41.8 Å². The highest BCUT2D eigenvalue weighted by atomic mass is 16.5. The lowest BCUT2D eigenvalue weighted by Crippen LogP contribution is -1.92. The molecule has 0 amide bonds. The van der Waals surface area contributed by atoms with Crippen molar-refractivity contribution in [1.82, 2.24) is 0 Å². The van der Waals surface area contributed by atoms with Crippen LogP contribution in [0.25, 0.3) is 10.8 Å². The number of benzene rings is 3. The van der Waals surface area contributed by atoms with E-state index in [1.807, 2.05) is 60.7 Å². The summed E-state index contributed by atoms with van der Waals surface area (Å²) < 4.78 is 16.7. The lowest BCUT2D eigenvalue weighted by atomic mass is 10.1. The van der Waals surface area contributed by atoms with Gasteiger partial charge in [-0.2, -0.15) is 0 Å². The summed E-state index contributed by atoms with van der Waals surface area (Å²) in [5, 5.41) is 2.03. The van der Waals surface area contributed by atoms with Gasteiger partial charge in [0.2, 0.25) is 0 Å². The maximum Gasteiger partial charge on any atom is 0.177 e. The van der Waals surface area contributed by atoms with Gasteiger partial charge in [0.1, 0.15) is 11.5 Å². The van der Waals surface area contributed by atoms with Crippen LogP contribution in [0.5, 0.6) is 23.0 Å². The molecule has 0 aliphatic heterocycles. The second kappa shape index (κ2) is 5.75. The summed E-state index contributed by atoms with van der Waals surface area (Å²) in [7, 11) is 3.30.